The van der Waals surface area contributed by atoms with Gasteiger partial charge in [0, 0.05) is 34.5 Å². The SMILES string of the molecule is C1=CC(c2ccccn2)CC=C1c1cccc2cc(-c3nc(-c4ccccc4)nc(-c4ccccc4)n3)ccc12. The smallest absolute Gasteiger partial charge is 0.164 e. The summed E-state index contributed by atoms with van der Waals surface area (Å²) in [7, 11) is 0. The molecule has 0 fully saturated rings. The van der Waals surface area contributed by atoms with Crippen LogP contribution in [0.15, 0.2) is 140 Å². The first kappa shape index (κ1) is 23.9. The van der Waals surface area contributed by atoms with Gasteiger partial charge in [-0.1, -0.05) is 115 Å². The third kappa shape index (κ3) is 4.72. The predicted octanol–water partition coefficient (Wildman–Crippen LogP) is 8.55. The average molecular weight is 515 g/mol. The van der Waals surface area contributed by atoms with Gasteiger partial charge in [-0.2, -0.15) is 0 Å². The summed E-state index contributed by atoms with van der Waals surface area (Å²) in [5.74, 6) is 2.31. The molecule has 4 aromatic carbocycles. The van der Waals surface area contributed by atoms with Crippen LogP contribution < -0.4 is 0 Å². The van der Waals surface area contributed by atoms with Crippen molar-refractivity contribution >= 4 is 16.3 Å². The Morgan fingerprint density at radius 3 is 1.88 bits per heavy atom. The molecule has 4 heteroatoms. The van der Waals surface area contributed by atoms with Gasteiger partial charge in [0.05, 0.1) is 0 Å². The number of nitrogens with zero attached hydrogens (tertiary/aromatic N) is 4. The lowest BCUT2D eigenvalue weighted by Crippen LogP contribution is -2.01. The standard InChI is InChI=1S/C36H26N4/c1-3-10-27(11-4-1)34-38-35(28-12-5-2-6-13-28)40-36(39-34)30-21-22-32-29(24-30)14-9-15-31(32)25-17-19-26(20-18-25)33-16-7-8-23-37-33/h1-19,21-24,26H,20H2. The molecule has 1 unspecified atom stereocenters. The number of hydrogen-bond acceptors (Lipinski definition) is 4. The van der Waals surface area contributed by atoms with Gasteiger partial charge in [-0.05, 0) is 46.5 Å². The highest BCUT2D eigenvalue weighted by atomic mass is 15.0. The predicted molar refractivity (Wildman–Crippen MR) is 162 cm³/mol. The molecule has 0 radical (unpaired) electrons. The van der Waals surface area contributed by atoms with Crippen molar-refractivity contribution in [3.05, 3.63) is 151 Å². The van der Waals surface area contributed by atoms with Gasteiger partial charge in [-0.15, -0.1) is 0 Å². The molecule has 0 spiro atoms. The zero-order valence-electron chi connectivity index (χ0n) is 21.9. The normalized spacial score (nSPS) is 14.7. The van der Waals surface area contributed by atoms with Crippen LogP contribution in [0.1, 0.15) is 23.6 Å². The molecule has 0 amide bonds. The highest BCUT2D eigenvalue weighted by Gasteiger charge is 2.16. The summed E-state index contributed by atoms with van der Waals surface area (Å²) in [4.78, 5) is 19.2. The average Bonchev–Trinajstić information content (AvgIpc) is 3.05. The fourth-order valence-electron chi connectivity index (χ4n) is 5.25. The Kier molecular flexibility index (Phi) is 6.27. The summed E-state index contributed by atoms with van der Waals surface area (Å²) in [5, 5.41) is 2.36. The molecule has 1 aliphatic rings. The molecule has 0 aliphatic heterocycles. The van der Waals surface area contributed by atoms with Crippen LogP contribution in [-0.4, -0.2) is 19.9 Å². The molecule has 2 aromatic heterocycles. The lowest BCUT2D eigenvalue weighted by atomic mass is 9.88. The van der Waals surface area contributed by atoms with Gasteiger partial charge in [0.2, 0.25) is 0 Å². The highest BCUT2D eigenvalue weighted by molar-refractivity contribution is 5.98. The van der Waals surface area contributed by atoms with E-state index in [0.717, 1.165) is 34.2 Å². The third-order valence-electron chi connectivity index (χ3n) is 7.32. The number of benzene rings is 4. The van der Waals surface area contributed by atoms with E-state index in [0.29, 0.717) is 23.4 Å². The second kappa shape index (κ2) is 10.5. The number of aromatic nitrogens is 4. The Hall–Kier alpha value is -5.22. The Bertz CT molecular complexity index is 1800. The maximum absolute atomic E-state index is 4.90. The van der Waals surface area contributed by atoms with E-state index >= 15 is 0 Å². The zero-order chi connectivity index (χ0) is 26.7. The molecule has 40 heavy (non-hydrogen) atoms. The van der Waals surface area contributed by atoms with E-state index in [-0.39, 0.29) is 0 Å². The van der Waals surface area contributed by atoms with E-state index in [4.69, 9.17) is 15.0 Å². The van der Waals surface area contributed by atoms with Crippen molar-refractivity contribution in [3.63, 3.8) is 0 Å². The molecular formula is C36H26N4. The fraction of sp³-hybridized carbons (Fsp3) is 0.0556. The molecule has 2 heterocycles. The van der Waals surface area contributed by atoms with Crippen LogP contribution in [-0.2, 0) is 0 Å². The monoisotopic (exact) mass is 514 g/mol. The Balaban J connectivity index is 1.27. The zero-order valence-corrected chi connectivity index (χ0v) is 21.9. The van der Waals surface area contributed by atoms with Crippen LogP contribution in [0, 0.1) is 0 Å². The summed E-state index contributed by atoms with van der Waals surface area (Å²) in [6.07, 6.45) is 9.63. The largest absolute Gasteiger partial charge is 0.261 e. The van der Waals surface area contributed by atoms with E-state index in [9.17, 15) is 0 Å². The minimum atomic E-state index is 0.313. The first-order chi connectivity index (χ1) is 19.8. The van der Waals surface area contributed by atoms with E-state index in [1.165, 1.54) is 16.5 Å². The second-order valence-corrected chi connectivity index (χ2v) is 9.90. The molecule has 0 N–H and O–H groups in total. The fourth-order valence-corrected chi connectivity index (χ4v) is 5.25. The number of pyridine rings is 1. The van der Waals surface area contributed by atoms with E-state index in [1.54, 1.807) is 0 Å². The van der Waals surface area contributed by atoms with Gasteiger partial charge >= 0.3 is 0 Å². The maximum atomic E-state index is 4.90. The van der Waals surface area contributed by atoms with E-state index in [1.807, 2.05) is 72.9 Å². The number of rotatable bonds is 5. The molecule has 4 nitrogen and oxygen atoms in total. The Labute approximate surface area is 233 Å². The molecule has 1 atom stereocenters. The van der Waals surface area contributed by atoms with Crippen LogP contribution in [0.5, 0.6) is 0 Å². The second-order valence-electron chi connectivity index (χ2n) is 9.90. The lowest BCUT2D eigenvalue weighted by molar-refractivity contribution is 0.818. The molecule has 0 saturated carbocycles. The summed E-state index contributed by atoms with van der Waals surface area (Å²) < 4.78 is 0. The summed E-state index contributed by atoms with van der Waals surface area (Å²) in [6.45, 7) is 0. The highest BCUT2D eigenvalue weighted by Crippen LogP contribution is 2.34. The van der Waals surface area contributed by atoms with Crippen molar-refractivity contribution in [2.75, 3.05) is 0 Å². The first-order valence-electron chi connectivity index (χ1n) is 13.5. The van der Waals surface area contributed by atoms with Crippen molar-refractivity contribution in [2.24, 2.45) is 0 Å². The molecule has 7 rings (SSSR count). The van der Waals surface area contributed by atoms with Crippen LogP contribution in [0.25, 0.3) is 50.5 Å². The van der Waals surface area contributed by atoms with Gasteiger partial charge < -0.3 is 0 Å². The number of hydrogen-bond donors (Lipinski definition) is 0. The van der Waals surface area contributed by atoms with E-state index in [2.05, 4.69) is 71.7 Å². The minimum absolute atomic E-state index is 0.313. The lowest BCUT2D eigenvalue weighted by Gasteiger charge is -2.17. The Morgan fingerprint density at radius 2 is 1.25 bits per heavy atom. The van der Waals surface area contributed by atoms with Gasteiger partial charge in [0.15, 0.2) is 17.5 Å². The van der Waals surface area contributed by atoms with Crippen LogP contribution in [0.2, 0.25) is 0 Å². The van der Waals surface area contributed by atoms with Crippen molar-refractivity contribution in [1.29, 1.82) is 0 Å². The third-order valence-corrected chi connectivity index (χ3v) is 7.32. The van der Waals surface area contributed by atoms with Gasteiger partial charge in [0.25, 0.3) is 0 Å². The van der Waals surface area contributed by atoms with Crippen molar-refractivity contribution in [2.45, 2.75) is 12.3 Å². The van der Waals surface area contributed by atoms with Gasteiger partial charge in [0.1, 0.15) is 0 Å². The molecule has 6 aromatic rings. The topological polar surface area (TPSA) is 51.6 Å². The summed E-state index contributed by atoms with van der Waals surface area (Å²) in [5.41, 5.74) is 6.47. The van der Waals surface area contributed by atoms with E-state index < -0.39 is 0 Å². The number of fused-ring (bicyclic) bond motifs is 1. The first-order valence-corrected chi connectivity index (χ1v) is 13.5. The molecule has 0 saturated heterocycles. The molecular weight excluding hydrogens is 488 g/mol. The van der Waals surface area contributed by atoms with Crippen molar-refractivity contribution in [3.8, 4) is 34.2 Å². The summed E-state index contributed by atoms with van der Waals surface area (Å²) in [6, 6.07) is 39.2. The van der Waals surface area contributed by atoms with Crippen LogP contribution in [0.3, 0.4) is 0 Å². The van der Waals surface area contributed by atoms with Crippen LogP contribution in [0.4, 0.5) is 0 Å². The van der Waals surface area contributed by atoms with Crippen molar-refractivity contribution < 1.29 is 0 Å². The minimum Gasteiger partial charge on any atom is -0.261 e. The quantitative estimate of drug-likeness (QED) is 0.231. The molecule has 1 aliphatic carbocycles. The van der Waals surface area contributed by atoms with Crippen LogP contribution >= 0.6 is 0 Å². The maximum Gasteiger partial charge on any atom is 0.164 e. The van der Waals surface area contributed by atoms with Gasteiger partial charge in [-0.3, -0.25) is 4.98 Å². The van der Waals surface area contributed by atoms with Gasteiger partial charge in [-0.25, -0.2) is 15.0 Å². The van der Waals surface area contributed by atoms with Crippen molar-refractivity contribution in [1.82, 2.24) is 19.9 Å². The molecule has 190 valence electrons. The number of allylic oxidation sites excluding steroid dienone is 4. The summed E-state index contributed by atoms with van der Waals surface area (Å²) >= 11 is 0. The Morgan fingerprint density at radius 1 is 0.575 bits per heavy atom. The molecule has 0 bridgehead atoms.